The first-order valence-corrected chi connectivity index (χ1v) is 20.5. The molecule has 8 heteroatoms. The third kappa shape index (κ3) is 4.00. The molecule has 4 aliphatic rings. The zero-order chi connectivity index (χ0) is 39.2. The molecule has 0 N–H and O–H groups in total. The molecule has 10 aromatic rings. The second-order valence-electron chi connectivity index (χ2n) is 16.3. The van der Waals surface area contributed by atoms with E-state index in [1.165, 1.54) is 44.3 Å². The van der Waals surface area contributed by atoms with Crippen LogP contribution < -0.4 is 10.9 Å². The predicted molar refractivity (Wildman–Crippen MR) is 242 cm³/mol. The molecule has 0 saturated heterocycles. The molecular formula is C52H32BN7. The monoisotopic (exact) mass is 765 g/mol. The van der Waals surface area contributed by atoms with Crippen LogP contribution in [-0.4, -0.2) is 40.3 Å². The lowest BCUT2D eigenvalue weighted by Crippen LogP contribution is -2.53. The Bertz CT molecular complexity index is 3590. The van der Waals surface area contributed by atoms with Gasteiger partial charge in [-0.25, -0.2) is 9.97 Å². The molecule has 60 heavy (non-hydrogen) atoms. The van der Waals surface area contributed by atoms with Crippen molar-refractivity contribution in [3.05, 3.63) is 199 Å². The molecule has 1 atom stereocenters. The third-order valence-corrected chi connectivity index (χ3v) is 13.3. The maximum atomic E-state index is 5.30. The fraction of sp³-hybridized carbons (Fsp3) is 0.0385. The van der Waals surface area contributed by atoms with Gasteiger partial charge in [-0.2, -0.15) is 0 Å². The van der Waals surface area contributed by atoms with Crippen LogP contribution in [0.4, 0.5) is 0 Å². The number of benzene rings is 4. The maximum absolute atomic E-state index is 5.30. The number of hydrogen-bond acceptors (Lipinski definition) is 4. The Morgan fingerprint density at radius 1 is 0.667 bits per heavy atom. The lowest BCUT2D eigenvalue weighted by Gasteiger charge is -2.37. The normalized spacial score (nSPS) is 15.5. The average Bonchev–Trinajstić information content (AvgIpc) is 3.92. The standard InChI is InChI=1S/C52H32BN7/c1-30-13-10-20-37-49-42(30)44-46-39(21-11-23-54-46)58(34-17-6-3-7-18-34)52(44)60(49)41-29-33(51-56-24-12-25-57-51)28-40-45(41)53(37)38-22-26-55-47-43-35-19-9-8-16-32(35)27-36(31-14-4-2-5-15-31)48(43)59(40)50(38)47/h2-26,28-29,36H,1,27H2. The molecule has 0 saturated carbocycles. The van der Waals surface area contributed by atoms with Crippen molar-refractivity contribution in [2.24, 2.45) is 0 Å². The van der Waals surface area contributed by atoms with Crippen LogP contribution in [0.25, 0.3) is 83.7 Å². The van der Waals surface area contributed by atoms with E-state index in [0.717, 1.165) is 79.0 Å². The summed E-state index contributed by atoms with van der Waals surface area (Å²) in [5.41, 5.74) is 22.9. The molecular weight excluding hydrogens is 733 g/mol. The van der Waals surface area contributed by atoms with Crippen LogP contribution >= 0.6 is 0 Å². The fourth-order valence-corrected chi connectivity index (χ4v) is 11.1. The van der Waals surface area contributed by atoms with Crippen molar-refractivity contribution in [2.75, 3.05) is 0 Å². The van der Waals surface area contributed by atoms with Crippen LogP contribution in [0.1, 0.15) is 34.0 Å². The van der Waals surface area contributed by atoms with Gasteiger partial charge in [0.2, 0.25) is 0 Å². The summed E-state index contributed by atoms with van der Waals surface area (Å²) in [7, 11) is 0. The van der Waals surface area contributed by atoms with E-state index in [-0.39, 0.29) is 12.6 Å². The van der Waals surface area contributed by atoms with E-state index in [4.69, 9.17) is 26.5 Å². The molecule has 4 aromatic carbocycles. The zero-order valence-corrected chi connectivity index (χ0v) is 32.3. The minimum Gasteiger partial charge on any atom is -0.312 e. The number of fused-ring (bicyclic) bond motifs is 14. The van der Waals surface area contributed by atoms with Crippen LogP contribution in [0.2, 0.25) is 0 Å². The number of para-hydroxylation sites is 1. The van der Waals surface area contributed by atoms with E-state index >= 15 is 0 Å². The molecule has 2 aliphatic carbocycles. The highest BCUT2D eigenvalue weighted by Crippen LogP contribution is 2.52. The predicted octanol–water partition coefficient (Wildman–Crippen LogP) is 9.56. The molecule has 0 fully saturated rings. The van der Waals surface area contributed by atoms with Crippen molar-refractivity contribution in [2.45, 2.75) is 12.3 Å². The Morgan fingerprint density at radius 2 is 1.42 bits per heavy atom. The van der Waals surface area contributed by atoms with Gasteiger partial charge in [0.15, 0.2) is 5.82 Å². The number of aromatic nitrogens is 7. The molecule has 8 heterocycles. The Hall–Kier alpha value is -7.84. The minimum absolute atomic E-state index is 0.0919. The number of allylic oxidation sites excluding steroid dienone is 4. The highest BCUT2D eigenvalue weighted by Gasteiger charge is 2.47. The van der Waals surface area contributed by atoms with Crippen LogP contribution in [0.3, 0.4) is 0 Å². The molecule has 0 spiro atoms. The van der Waals surface area contributed by atoms with Gasteiger partial charge in [0.1, 0.15) is 5.65 Å². The molecule has 6 aromatic heterocycles. The van der Waals surface area contributed by atoms with Gasteiger partial charge < -0.3 is 4.57 Å². The van der Waals surface area contributed by atoms with Crippen molar-refractivity contribution >= 4 is 61.8 Å². The molecule has 7 nitrogen and oxygen atoms in total. The highest BCUT2D eigenvalue weighted by molar-refractivity contribution is 7.03. The lowest BCUT2D eigenvalue weighted by atomic mass is 9.33. The summed E-state index contributed by atoms with van der Waals surface area (Å²) in [5.74, 6) is 0.778. The Morgan fingerprint density at radius 3 is 2.27 bits per heavy atom. The summed E-state index contributed by atoms with van der Waals surface area (Å²) >= 11 is 0. The van der Waals surface area contributed by atoms with Crippen molar-refractivity contribution in [3.8, 4) is 39.6 Å². The Balaban J connectivity index is 1.21. The Labute approximate surface area is 345 Å². The van der Waals surface area contributed by atoms with Crippen LogP contribution in [0.5, 0.6) is 0 Å². The Kier molecular flexibility index (Phi) is 6.24. The maximum Gasteiger partial charge on any atom is 0.252 e. The van der Waals surface area contributed by atoms with E-state index in [0.29, 0.717) is 5.82 Å². The number of nitrogens with zero attached hydrogens (tertiary/aromatic N) is 7. The number of rotatable bonds is 3. The van der Waals surface area contributed by atoms with Gasteiger partial charge in [-0.05, 0) is 93.6 Å². The summed E-state index contributed by atoms with van der Waals surface area (Å²) in [6.07, 6.45) is 15.2. The molecule has 14 rings (SSSR count). The van der Waals surface area contributed by atoms with Crippen molar-refractivity contribution in [1.29, 1.82) is 0 Å². The van der Waals surface area contributed by atoms with Gasteiger partial charge in [0.25, 0.3) is 6.71 Å². The minimum atomic E-state index is -0.0919. The van der Waals surface area contributed by atoms with Crippen molar-refractivity contribution < 1.29 is 0 Å². The van der Waals surface area contributed by atoms with Gasteiger partial charge in [-0.15, -0.1) is 0 Å². The molecule has 2 aliphatic heterocycles. The topological polar surface area (TPSA) is 66.3 Å². The van der Waals surface area contributed by atoms with Crippen molar-refractivity contribution in [3.63, 3.8) is 0 Å². The quantitative estimate of drug-likeness (QED) is 0.168. The summed E-state index contributed by atoms with van der Waals surface area (Å²) in [6.45, 7) is 4.64. The molecule has 1 unspecified atom stereocenters. The van der Waals surface area contributed by atoms with Crippen LogP contribution in [0, 0.1) is 0 Å². The summed E-state index contributed by atoms with van der Waals surface area (Å²) in [5, 5.41) is 1.10. The van der Waals surface area contributed by atoms with E-state index in [1.54, 1.807) is 0 Å². The summed E-state index contributed by atoms with van der Waals surface area (Å²) in [6, 6.07) is 43.6. The highest BCUT2D eigenvalue weighted by atomic mass is 15.2. The molecule has 278 valence electrons. The molecule has 0 radical (unpaired) electrons. The van der Waals surface area contributed by atoms with E-state index in [1.807, 2.05) is 36.9 Å². The van der Waals surface area contributed by atoms with E-state index < -0.39 is 0 Å². The van der Waals surface area contributed by atoms with Gasteiger partial charge in [0, 0.05) is 70.2 Å². The lowest BCUT2D eigenvalue weighted by molar-refractivity contribution is 0.746. The third-order valence-electron chi connectivity index (χ3n) is 13.3. The summed E-state index contributed by atoms with van der Waals surface area (Å²) < 4.78 is 7.47. The van der Waals surface area contributed by atoms with Gasteiger partial charge in [0.05, 0.1) is 33.1 Å². The average molecular weight is 766 g/mol. The first kappa shape index (κ1) is 32.2. The van der Waals surface area contributed by atoms with Gasteiger partial charge >= 0.3 is 0 Å². The first-order chi connectivity index (χ1) is 29.7. The van der Waals surface area contributed by atoms with Crippen molar-refractivity contribution in [1.82, 2.24) is 33.6 Å². The number of pyridine rings is 2. The second kappa shape index (κ2) is 11.6. The molecule has 0 bridgehead atoms. The summed E-state index contributed by atoms with van der Waals surface area (Å²) in [4.78, 5) is 20.2. The van der Waals surface area contributed by atoms with Crippen LogP contribution in [0.15, 0.2) is 171 Å². The van der Waals surface area contributed by atoms with E-state index in [2.05, 4.69) is 141 Å². The van der Waals surface area contributed by atoms with Gasteiger partial charge in [-0.3, -0.25) is 19.1 Å². The van der Waals surface area contributed by atoms with Gasteiger partial charge in [-0.1, -0.05) is 97.6 Å². The largest absolute Gasteiger partial charge is 0.312 e. The van der Waals surface area contributed by atoms with Crippen LogP contribution in [-0.2, 0) is 6.42 Å². The first-order valence-electron chi connectivity index (χ1n) is 20.5. The van der Waals surface area contributed by atoms with E-state index in [9.17, 15) is 0 Å². The smallest absolute Gasteiger partial charge is 0.252 e. The number of hydrogen-bond donors (Lipinski definition) is 0. The second-order valence-corrected chi connectivity index (χ2v) is 16.3. The SMILES string of the molecule is C=C1C=CC=C2B3c4c(cc(-c5ncccn5)cc4-n4c2c1c1c2ncccc2n(-c2ccccc2)c14)-n1c2c(c4nccc3c41)-c1ccccc1CC2c1ccccc1. The fourth-order valence-electron chi connectivity index (χ4n) is 11.1. The molecule has 0 amide bonds. The zero-order valence-electron chi connectivity index (χ0n) is 32.3.